The van der Waals surface area contributed by atoms with Gasteiger partial charge in [0.1, 0.15) is 0 Å². The van der Waals surface area contributed by atoms with Gasteiger partial charge in [0.15, 0.2) is 5.82 Å². The van der Waals surface area contributed by atoms with Gasteiger partial charge in [-0.15, -0.1) is 0 Å². The molecular weight excluding hydrogens is 292 g/mol. The first kappa shape index (κ1) is 14.2. The van der Waals surface area contributed by atoms with Gasteiger partial charge in [-0.2, -0.15) is 0 Å². The standard InChI is InChI=1S/C16H20N6O/c1-20-8-6-17-14(20)15(23)22-9-12-3-7-21(10-13(12)11-22)16-18-4-2-5-19-16/h2,4-6,8,12-13H,3,7,9-11H2,1H3/t12-,13+/m0/s1. The van der Waals surface area contributed by atoms with Crippen molar-refractivity contribution >= 4 is 11.9 Å². The largest absolute Gasteiger partial charge is 0.340 e. The predicted octanol–water partition coefficient (Wildman–Crippen LogP) is 0.809. The van der Waals surface area contributed by atoms with Gasteiger partial charge in [0.25, 0.3) is 5.91 Å². The van der Waals surface area contributed by atoms with Crippen LogP contribution >= 0.6 is 0 Å². The SMILES string of the molecule is Cn1ccnc1C(=O)N1C[C@@H]2CCN(c3ncccn3)C[C@@H]2C1. The molecule has 2 fully saturated rings. The van der Waals surface area contributed by atoms with E-state index >= 15 is 0 Å². The zero-order valence-electron chi connectivity index (χ0n) is 13.2. The van der Waals surface area contributed by atoms with Crippen molar-refractivity contribution in [2.45, 2.75) is 6.42 Å². The normalized spacial score (nSPS) is 23.9. The van der Waals surface area contributed by atoms with Crippen LogP contribution in [-0.4, -0.2) is 56.5 Å². The molecule has 1 amide bonds. The molecule has 0 N–H and O–H groups in total. The number of likely N-dealkylation sites (tertiary alicyclic amines) is 1. The smallest absolute Gasteiger partial charge is 0.289 e. The number of imidazole rings is 1. The highest BCUT2D eigenvalue weighted by Crippen LogP contribution is 2.32. The summed E-state index contributed by atoms with van der Waals surface area (Å²) in [5.74, 6) is 2.40. The van der Waals surface area contributed by atoms with Gasteiger partial charge in [-0.3, -0.25) is 4.79 Å². The van der Waals surface area contributed by atoms with Crippen LogP contribution in [0.25, 0.3) is 0 Å². The molecule has 2 aliphatic rings. The Labute approximate surface area is 135 Å². The highest BCUT2D eigenvalue weighted by molar-refractivity contribution is 5.91. The van der Waals surface area contributed by atoms with Crippen molar-refractivity contribution in [1.82, 2.24) is 24.4 Å². The monoisotopic (exact) mass is 312 g/mol. The third kappa shape index (κ3) is 2.56. The number of piperidine rings is 1. The van der Waals surface area contributed by atoms with E-state index in [-0.39, 0.29) is 5.91 Å². The number of amides is 1. The summed E-state index contributed by atoms with van der Waals surface area (Å²) in [5, 5.41) is 0. The summed E-state index contributed by atoms with van der Waals surface area (Å²) in [6.07, 6.45) is 8.11. The topological polar surface area (TPSA) is 67.2 Å². The number of fused-ring (bicyclic) bond motifs is 1. The maximum Gasteiger partial charge on any atom is 0.289 e. The van der Waals surface area contributed by atoms with Crippen molar-refractivity contribution in [2.24, 2.45) is 18.9 Å². The highest BCUT2D eigenvalue weighted by atomic mass is 16.2. The minimum absolute atomic E-state index is 0.0365. The molecule has 0 unspecified atom stereocenters. The molecular formula is C16H20N6O. The van der Waals surface area contributed by atoms with Crippen LogP contribution in [0.1, 0.15) is 17.0 Å². The molecule has 2 aliphatic heterocycles. The van der Waals surface area contributed by atoms with Crippen LogP contribution in [0.3, 0.4) is 0 Å². The molecule has 4 heterocycles. The Morgan fingerprint density at radius 1 is 1.09 bits per heavy atom. The van der Waals surface area contributed by atoms with Crippen molar-refractivity contribution in [3.05, 3.63) is 36.7 Å². The van der Waals surface area contributed by atoms with E-state index in [2.05, 4.69) is 19.9 Å². The molecule has 0 radical (unpaired) electrons. The fourth-order valence-electron chi connectivity index (χ4n) is 3.68. The van der Waals surface area contributed by atoms with E-state index in [0.717, 1.165) is 38.5 Å². The van der Waals surface area contributed by atoms with E-state index in [4.69, 9.17) is 0 Å². The average molecular weight is 312 g/mol. The zero-order valence-corrected chi connectivity index (χ0v) is 13.2. The van der Waals surface area contributed by atoms with Gasteiger partial charge in [0, 0.05) is 58.0 Å². The van der Waals surface area contributed by atoms with Crippen molar-refractivity contribution in [3.8, 4) is 0 Å². The summed E-state index contributed by atoms with van der Waals surface area (Å²) < 4.78 is 1.79. The van der Waals surface area contributed by atoms with Gasteiger partial charge in [0.05, 0.1) is 0 Å². The molecule has 2 atom stereocenters. The van der Waals surface area contributed by atoms with Gasteiger partial charge in [-0.05, 0) is 24.3 Å². The summed E-state index contributed by atoms with van der Waals surface area (Å²) >= 11 is 0. The lowest BCUT2D eigenvalue weighted by Gasteiger charge is -2.34. The summed E-state index contributed by atoms with van der Waals surface area (Å²) in [4.78, 5) is 29.7. The van der Waals surface area contributed by atoms with Gasteiger partial charge >= 0.3 is 0 Å². The number of aromatic nitrogens is 4. The summed E-state index contributed by atoms with van der Waals surface area (Å²) in [5.41, 5.74) is 0. The summed E-state index contributed by atoms with van der Waals surface area (Å²) in [6.45, 7) is 3.49. The molecule has 2 aromatic rings. The Bertz CT molecular complexity index is 700. The Morgan fingerprint density at radius 2 is 1.87 bits per heavy atom. The maximum atomic E-state index is 12.6. The van der Waals surface area contributed by atoms with Gasteiger partial charge in [-0.25, -0.2) is 15.0 Å². The second-order valence-electron chi connectivity index (χ2n) is 6.38. The quantitative estimate of drug-likeness (QED) is 0.821. The molecule has 0 saturated carbocycles. The van der Waals surface area contributed by atoms with Crippen molar-refractivity contribution in [3.63, 3.8) is 0 Å². The van der Waals surface area contributed by atoms with Gasteiger partial charge < -0.3 is 14.4 Å². The Balaban J connectivity index is 1.46. The van der Waals surface area contributed by atoms with Crippen molar-refractivity contribution in [2.75, 3.05) is 31.1 Å². The molecule has 2 saturated heterocycles. The minimum Gasteiger partial charge on any atom is -0.340 e. The molecule has 4 rings (SSSR count). The molecule has 23 heavy (non-hydrogen) atoms. The average Bonchev–Trinajstić information content (AvgIpc) is 3.20. The van der Waals surface area contributed by atoms with Crippen LogP contribution in [0, 0.1) is 11.8 Å². The number of nitrogens with zero attached hydrogens (tertiary/aromatic N) is 6. The first-order valence-electron chi connectivity index (χ1n) is 8.01. The Morgan fingerprint density at radius 3 is 2.61 bits per heavy atom. The van der Waals surface area contributed by atoms with E-state index in [0.29, 0.717) is 17.7 Å². The number of hydrogen-bond acceptors (Lipinski definition) is 5. The van der Waals surface area contributed by atoms with Crippen LogP contribution in [-0.2, 0) is 7.05 Å². The first-order valence-corrected chi connectivity index (χ1v) is 8.01. The van der Waals surface area contributed by atoms with E-state index in [1.165, 1.54) is 0 Å². The summed E-state index contributed by atoms with van der Waals surface area (Å²) in [7, 11) is 1.86. The predicted molar refractivity (Wildman–Crippen MR) is 85.0 cm³/mol. The van der Waals surface area contributed by atoms with Crippen molar-refractivity contribution in [1.29, 1.82) is 0 Å². The van der Waals surface area contributed by atoms with E-state index in [9.17, 15) is 4.79 Å². The molecule has 2 aromatic heterocycles. The van der Waals surface area contributed by atoms with Crippen LogP contribution < -0.4 is 4.90 Å². The lowest BCUT2D eigenvalue weighted by Crippen LogP contribution is -2.40. The number of carbonyl (C=O) groups is 1. The minimum atomic E-state index is 0.0365. The third-order valence-corrected chi connectivity index (χ3v) is 4.94. The molecule has 0 bridgehead atoms. The Hall–Kier alpha value is -2.44. The second kappa shape index (κ2) is 5.64. The lowest BCUT2D eigenvalue weighted by atomic mass is 9.89. The first-order chi connectivity index (χ1) is 11.2. The molecule has 0 aromatic carbocycles. The van der Waals surface area contributed by atoms with E-state index in [1.807, 2.05) is 24.2 Å². The number of anilines is 1. The zero-order chi connectivity index (χ0) is 15.8. The van der Waals surface area contributed by atoms with Gasteiger partial charge in [-0.1, -0.05) is 0 Å². The fourth-order valence-corrected chi connectivity index (χ4v) is 3.68. The molecule has 7 heteroatoms. The van der Waals surface area contributed by atoms with Crippen LogP contribution in [0.5, 0.6) is 0 Å². The second-order valence-corrected chi connectivity index (χ2v) is 6.38. The van der Waals surface area contributed by atoms with Crippen LogP contribution in [0.4, 0.5) is 5.95 Å². The number of rotatable bonds is 2. The molecule has 0 aliphatic carbocycles. The Kier molecular flexibility index (Phi) is 3.48. The van der Waals surface area contributed by atoms with E-state index in [1.54, 1.807) is 23.2 Å². The number of hydrogen-bond donors (Lipinski definition) is 0. The third-order valence-electron chi connectivity index (χ3n) is 4.94. The highest BCUT2D eigenvalue weighted by Gasteiger charge is 2.40. The molecule has 7 nitrogen and oxygen atoms in total. The lowest BCUT2D eigenvalue weighted by molar-refractivity contribution is 0.0769. The number of aryl methyl sites for hydroxylation is 1. The molecule has 0 spiro atoms. The summed E-state index contributed by atoms with van der Waals surface area (Å²) in [6, 6.07) is 1.83. The van der Waals surface area contributed by atoms with E-state index < -0.39 is 0 Å². The maximum absolute atomic E-state index is 12.6. The van der Waals surface area contributed by atoms with Crippen LogP contribution in [0.2, 0.25) is 0 Å². The molecule has 120 valence electrons. The van der Waals surface area contributed by atoms with Gasteiger partial charge in [0.2, 0.25) is 5.95 Å². The van der Waals surface area contributed by atoms with Crippen LogP contribution in [0.15, 0.2) is 30.9 Å². The fraction of sp³-hybridized carbons (Fsp3) is 0.500. The van der Waals surface area contributed by atoms with Crippen molar-refractivity contribution < 1.29 is 4.79 Å². The number of carbonyl (C=O) groups excluding carboxylic acids is 1.